The molecule has 0 unspecified atom stereocenters. The van der Waals surface area contributed by atoms with Crippen molar-refractivity contribution in [2.24, 2.45) is 0 Å². The van der Waals surface area contributed by atoms with E-state index in [1.807, 2.05) is 6.92 Å². The van der Waals surface area contributed by atoms with Crippen LogP contribution < -0.4 is 5.32 Å². The number of carbonyl (C=O) groups is 1. The maximum absolute atomic E-state index is 13.9. The highest BCUT2D eigenvalue weighted by molar-refractivity contribution is 14.1. The van der Waals surface area contributed by atoms with Crippen LogP contribution in [0, 0.1) is 15.2 Å². The molecule has 1 fully saturated rings. The SMILES string of the molecule is C[C@@H]1CN(C(=O)c2c(F)ccc(I)c2F)CCN1.Cl. The minimum absolute atomic E-state index is 0. The van der Waals surface area contributed by atoms with E-state index in [2.05, 4.69) is 5.32 Å². The van der Waals surface area contributed by atoms with Gasteiger partial charge in [-0.05, 0) is 41.6 Å². The third kappa shape index (κ3) is 3.55. The Kier molecular flexibility index (Phi) is 5.94. The van der Waals surface area contributed by atoms with Crippen LogP contribution in [0.15, 0.2) is 12.1 Å². The van der Waals surface area contributed by atoms with Gasteiger partial charge in [-0.2, -0.15) is 0 Å². The fraction of sp³-hybridized carbons (Fsp3) is 0.417. The smallest absolute Gasteiger partial charge is 0.259 e. The molecule has 1 aliphatic rings. The van der Waals surface area contributed by atoms with Crippen molar-refractivity contribution in [2.75, 3.05) is 19.6 Å². The standard InChI is InChI=1S/C12H13F2IN2O.ClH/c1-7-6-17(5-4-16-7)12(18)10-8(13)2-3-9(15)11(10)14;/h2-3,7,16H,4-6H2,1H3;1H/t7-;/m1./s1. The molecule has 1 saturated heterocycles. The molecule has 0 aliphatic carbocycles. The number of piperazine rings is 1. The molecule has 7 heteroatoms. The predicted molar refractivity (Wildman–Crippen MR) is 79.7 cm³/mol. The average molecular weight is 403 g/mol. The molecule has 3 nitrogen and oxygen atoms in total. The van der Waals surface area contributed by atoms with Crippen molar-refractivity contribution >= 4 is 40.9 Å². The molecule has 1 atom stereocenters. The highest BCUT2D eigenvalue weighted by Crippen LogP contribution is 2.20. The zero-order valence-electron chi connectivity index (χ0n) is 10.3. The first kappa shape index (κ1) is 16.6. The summed E-state index contributed by atoms with van der Waals surface area (Å²) in [5.41, 5.74) is -0.448. The molecule has 106 valence electrons. The zero-order chi connectivity index (χ0) is 13.3. The second-order valence-electron chi connectivity index (χ2n) is 4.32. The molecule has 1 heterocycles. The molecule has 0 saturated carbocycles. The number of carbonyl (C=O) groups excluding carboxylic acids is 1. The molecule has 19 heavy (non-hydrogen) atoms. The van der Waals surface area contributed by atoms with Gasteiger partial charge >= 0.3 is 0 Å². The van der Waals surface area contributed by atoms with Gasteiger partial charge in [0.25, 0.3) is 5.91 Å². The monoisotopic (exact) mass is 402 g/mol. The maximum Gasteiger partial charge on any atom is 0.259 e. The summed E-state index contributed by atoms with van der Waals surface area (Å²) in [6.45, 7) is 3.50. The van der Waals surface area contributed by atoms with Crippen LogP contribution in [0.4, 0.5) is 8.78 Å². The van der Waals surface area contributed by atoms with E-state index in [0.29, 0.717) is 19.6 Å². The van der Waals surface area contributed by atoms with Crippen molar-refractivity contribution in [3.05, 3.63) is 32.9 Å². The van der Waals surface area contributed by atoms with Crippen LogP contribution in [0.1, 0.15) is 17.3 Å². The van der Waals surface area contributed by atoms with Crippen molar-refractivity contribution < 1.29 is 13.6 Å². The summed E-state index contributed by atoms with van der Waals surface area (Å²) < 4.78 is 27.7. The summed E-state index contributed by atoms with van der Waals surface area (Å²) in [6, 6.07) is 2.59. The lowest BCUT2D eigenvalue weighted by Gasteiger charge is -2.32. The summed E-state index contributed by atoms with van der Waals surface area (Å²) in [5, 5.41) is 3.18. The van der Waals surface area contributed by atoms with Gasteiger partial charge in [-0.1, -0.05) is 0 Å². The molecule has 1 N–H and O–H groups in total. The van der Waals surface area contributed by atoms with Crippen molar-refractivity contribution in [3.8, 4) is 0 Å². The Labute approximate surface area is 130 Å². The van der Waals surface area contributed by atoms with Gasteiger partial charge in [-0.25, -0.2) is 8.78 Å². The molecule has 0 bridgehead atoms. The molecule has 1 amide bonds. The number of benzene rings is 1. The van der Waals surface area contributed by atoms with Gasteiger partial charge in [-0.15, -0.1) is 12.4 Å². The molecular weight excluding hydrogens is 388 g/mol. The van der Waals surface area contributed by atoms with Gasteiger partial charge in [0.15, 0.2) is 5.82 Å². The minimum Gasteiger partial charge on any atom is -0.336 e. The lowest BCUT2D eigenvalue weighted by molar-refractivity contribution is 0.0699. The first-order chi connectivity index (χ1) is 8.50. The van der Waals surface area contributed by atoms with Crippen molar-refractivity contribution in [1.29, 1.82) is 0 Å². The second-order valence-corrected chi connectivity index (χ2v) is 5.49. The largest absolute Gasteiger partial charge is 0.336 e. The zero-order valence-corrected chi connectivity index (χ0v) is 13.2. The molecule has 1 aromatic rings. The number of hydrogen-bond acceptors (Lipinski definition) is 2. The number of hydrogen-bond donors (Lipinski definition) is 1. The third-order valence-electron chi connectivity index (χ3n) is 2.91. The number of nitrogens with zero attached hydrogens (tertiary/aromatic N) is 1. The fourth-order valence-electron chi connectivity index (χ4n) is 2.00. The van der Waals surface area contributed by atoms with E-state index in [9.17, 15) is 13.6 Å². The first-order valence-electron chi connectivity index (χ1n) is 5.67. The third-order valence-corrected chi connectivity index (χ3v) is 3.75. The highest BCUT2D eigenvalue weighted by Gasteiger charge is 2.27. The van der Waals surface area contributed by atoms with E-state index in [4.69, 9.17) is 0 Å². The Bertz CT molecular complexity index is 487. The molecular formula is C12H14ClF2IN2O. The number of halogens is 4. The van der Waals surface area contributed by atoms with E-state index in [-0.39, 0.29) is 22.0 Å². The maximum atomic E-state index is 13.9. The van der Waals surface area contributed by atoms with Crippen LogP contribution in [-0.4, -0.2) is 36.5 Å². The Morgan fingerprint density at radius 2 is 2.16 bits per heavy atom. The Balaban J connectivity index is 0.00000180. The van der Waals surface area contributed by atoms with Gasteiger partial charge < -0.3 is 10.2 Å². The molecule has 0 aromatic heterocycles. The van der Waals surface area contributed by atoms with Gasteiger partial charge in [0.1, 0.15) is 11.4 Å². The Hall–Kier alpha value is -0.470. The summed E-state index contributed by atoms with van der Waals surface area (Å²) in [5.74, 6) is -2.15. The summed E-state index contributed by atoms with van der Waals surface area (Å²) in [7, 11) is 0. The number of amides is 1. The van der Waals surface area contributed by atoms with Gasteiger partial charge in [0.2, 0.25) is 0 Å². The van der Waals surface area contributed by atoms with Crippen LogP contribution in [0.25, 0.3) is 0 Å². The Morgan fingerprint density at radius 1 is 1.47 bits per heavy atom. The lowest BCUT2D eigenvalue weighted by atomic mass is 10.1. The molecule has 0 spiro atoms. The van der Waals surface area contributed by atoms with Gasteiger partial charge in [0.05, 0.1) is 0 Å². The normalized spacial score (nSPS) is 18.9. The van der Waals surface area contributed by atoms with Crippen molar-refractivity contribution in [2.45, 2.75) is 13.0 Å². The van der Waals surface area contributed by atoms with Crippen molar-refractivity contribution in [1.82, 2.24) is 10.2 Å². The van der Waals surface area contributed by atoms with Crippen molar-refractivity contribution in [3.63, 3.8) is 0 Å². The Morgan fingerprint density at radius 3 is 2.79 bits per heavy atom. The predicted octanol–water partition coefficient (Wildman–Crippen LogP) is 2.43. The summed E-state index contributed by atoms with van der Waals surface area (Å²) in [4.78, 5) is 13.6. The first-order valence-corrected chi connectivity index (χ1v) is 6.74. The highest BCUT2D eigenvalue weighted by atomic mass is 127. The summed E-state index contributed by atoms with van der Waals surface area (Å²) >= 11 is 1.75. The molecule has 1 aromatic carbocycles. The van der Waals surface area contributed by atoms with E-state index < -0.39 is 23.1 Å². The van der Waals surface area contributed by atoms with E-state index in [1.165, 1.54) is 11.0 Å². The summed E-state index contributed by atoms with van der Waals surface area (Å²) in [6.07, 6.45) is 0. The van der Waals surface area contributed by atoms with Crippen LogP contribution in [-0.2, 0) is 0 Å². The van der Waals surface area contributed by atoms with Gasteiger partial charge in [-0.3, -0.25) is 4.79 Å². The van der Waals surface area contributed by atoms with E-state index in [1.54, 1.807) is 22.6 Å². The molecule has 2 rings (SSSR count). The van der Waals surface area contributed by atoms with E-state index >= 15 is 0 Å². The second kappa shape index (κ2) is 6.81. The number of rotatable bonds is 1. The fourth-order valence-corrected chi connectivity index (χ4v) is 2.45. The quantitative estimate of drug-likeness (QED) is 0.578. The van der Waals surface area contributed by atoms with Crippen LogP contribution in [0.2, 0.25) is 0 Å². The van der Waals surface area contributed by atoms with E-state index in [0.717, 1.165) is 6.07 Å². The lowest BCUT2D eigenvalue weighted by Crippen LogP contribution is -2.51. The van der Waals surface area contributed by atoms with Crippen LogP contribution >= 0.6 is 35.0 Å². The van der Waals surface area contributed by atoms with Gasteiger partial charge in [0, 0.05) is 29.2 Å². The average Bonchev–Trinajstić information content (AvgIpc) is 2.34. The van der Waals surface area contributed by atoms with Crippen LogP contribution in [0.3, 0.4) is 0 Å². The van der Waals surface area contributed by atoms with Crippen LogP contribution in [0.5, 0.6) is 0 Å². The molecule has 1 aliphatic heterocycles. The molecule has 0 radical (unpaired) electrons. The topological polar surface area (TPSA) is 32.3 Å². The number of nitrogens with one attached hydrogen (secondary N) is 1. The minimum atomic E-state index is -0.802.